The summed E-state index contributed by atoms with van der Waals surface area (Å²) in [6, 6.07) is 16.1. The number of hydrogen-bond donors (Lipinski definition) is 2. The Hall–Kier alpha value is -2.87. The van der Waals surface area contributed by atoms with Crippen LogP contribution in [-0.2, 0) is 26.2 Å². The minimum Gasteiger partial charge on any atom is -0.381 e. The van der Waals surface area contributed by atoms with Crippen LogP contribution in [0, 0.1) is 0 Å². The number of hydrogen-bond acceptors (Lipinski definition) is 3. The molecule has 2 N–H and O–H groups in total. The molecule has 1 aliphatic heterocycles. The standard InChI is InChI=1S/C22H23F3N2O3/c23-22(24,25)15-26-19(28)14-16-6-8-18(9-7-16)27-20(29)21(10-12-30-13-11-21)17-4-2-1-3-5-17/h1-9H,10-15H2,(H,26,28)(H,27,29). The van der Waals surface area contributed by atoms with E-state index in [1.54, 1.807) is 24.3 Å². The topological polar surface area (TPSA) is 67.4 Å². The Morgan fingerprint density at radius 1 is 0.967 bits per heavy atom. The smallest absolute Gasteiger partial charge is 0.381 e. The molecule has 3 rings (SSSR count). The molecule has 5 nitrogen and oxygen atoms in total. The first-order chi connectivity index (χ1) is 14.3. The molecule has 1 heterocycles. The van der Waals surface area contributed by atoms with Crippen LogP contribution in [0.5, 0.6) is 0 Å². The number of alkyl halides is 3. The number of amides is 2. The van der Waals surface area contributed by atoms with Crippen LogP contribution >= 0.6 is 0 Å². The van der Waals surface area contributed by atoms with Crippen molar-refractivity contribution in [2.24, 2.45) is 0 Å². The molecule has 1 aliphatic rings. The van der Waals surface area contributed by atoms with E-state index in [-0.39, 0.29) is 12.3 Å². The van der Waals surface area contributed by atoms with Crippen molar-refractivity contribution in [2.45, 2.75) is 30.9 Å². The van der Waals surface area contributed by atoms with Gasteiger partial charge in [0.05, 0.1) is 11.8 Å². The van der Waals surface area contributed by atoms with E-state index in [1.165, 1.54) is 0 Å². The molecule has 2 aromatic rings. The maximum Gasteiger partial charge on any atom is 0.405 e. The largest absolute Gasteiger partial charge is 0.405 e. The first kappa shape index (κ1) is 21.8. The fraction of sp³-hybridized carbons (Fsp3) is 0.364. The van der Waals surface area contributed by atoms with Crippen molar-refractivity contribution in [2.75, 3.05) is 25.1 Å². The van der Waals surface area contributed by atoms with Gasteiger partial charge in [-0.15, -0.1) is 0 Å². The Labute approximate surface area is 172 Å². The summed E-state index contributed by atoms with van der Waals surface area (Å²) >= 11 is 0. The summed E-state index contributed by atoms with van der Waals surface area (Å²) in [5.74, 6) is -0.845. The fourth-order valence-corrected chi connectivity index (χ4v) is 3.53. The van der Waals surface area contributed by atoms with E-state index in [9.17, 15) is 22.8 Å². The number of rotatable bonds is 6. The van der Waals surface area contributed by atoms with Crippen LogP contribution in [0.2, 0.25) is 0 Å². The van der Waals surface area contributed by atoms with Crippen molar-refractivity contribution in [3.8, 4) is 0 Å². The molecule has 0 unspecified atom stereocenters. The zero-order chi connectivity index (χ0) is 21.6. The van der Waals surface area contributed by atoms with Gasteiger partial charge in [-0.05, 0) is 36.1 Å². The maximum absolute atomic E-state index is 13.2. The van der Waals surface area contributed by atoms with Crippen LogP contribution in [0.25, 0.3) is 0 Å². The second-order valence-corrected chi connectivity index (χ2v) is 7.28. The van der Waals surface area contributed by atoms with E-state index >= 15 is 0 Å². The normalized spacial score (nSPS) is 16.0. The van der Waals surface area contributed by atoms with Gasteiger partial charge in [0, 0.05) is 18.9 Å². The van der Waals surface area contributed by atoms with Gasteiger partial charge in [-0.3, -0.25) is 9.59 Å². The second kappa shape index (κ2) is 9.30. The number of anilines is 1. The summed E-state index contributed by atoms with van der Waals surface area (Å²) in [4.78, 5) is 24.8. The molecule has 0 spiro atoms. The predicted molar refractivity (Wildman–Crippen MR) is 106 cm³/mol. The molecule has 0 bridgehead atoms. The number of nitrogens with one attached hydrogen (secondary N) is 2. The molecular formula is C22H23F3N2O3. The molecule has 2 aromatic carbocycles. The Balaban J connectivity index is 1.65. The maximum atomic E-state index is 13.2. The van der Waals surface area contributed by atoms with E-state index in [0.717, 1.165) is 5.56 Å². The number of carbonyl (C=O) groups is 2. The van der Waals surface area contributed by atoms with Gasteiger partial charge in [0.25, 0.3) is 0 Å². The molecule has 0 saturated carbocycles. The van der Waals surface area contributed by atoms with E-state index in [1.807, 2.05) is 35.6 Å². The lowest BCUT2D eigenvalue weighted by atomic mass is 9.73. The van der Waals surface area contributed by atoms with Crippen LogP contribution < -0.4 is 10.6 Å². The van der Waals surface area contributed by atoms with Crippen molar-refractivity contribution < 1.29 is 27.5 Å². The van der Waals surface area contributed by atoms with E-state index in [2.05, 4.69) is 5.32 Å². The van der Waals surface area contributed by atoms with Crippen LogP contribution in [0.3, 0.4) is 0 Å². The van der Waals surface area contributed by atoms with E-state index < -0.39 is 24.0 Å². The van der Waals surface area contributed by atoms with Gasteiger partial charge in [0.15, 0.2) is 0 Å². The highest BCUT2D eigenvalue weighted by Gasteiger charge is 2.41. The number of carbonyl (C=O) groups excluding carboxylic acids is 2. The summed E-state index contributed by atoms with van der Waals surface area (Å²) in [6.07, 6.45) is -3.47. The quantitative estimate of drug-likeness (QED) is 0.751. The SMILES string of the molecule is O=C(Cc1ccc(NC(=O)C2(c3ccccc3)CCOCC2)cc1)NCC(F)(F)F. The first-order valence-corrected chi connectivity index (χ1v) is 9.66. The Kier molecular flexibility index (Phi) is 6.77. The molecule has 160 valence electrons. The Morgan fingerprint density at radius 3 is 2.20 bits per heavy atom. The van der Waals surface area contributed by atoms with Crippen molar-refractivity contribution in [1.29, 1.82) is 0 Å². The number of halogens is 3. The van der Waals surface area contributed by atoms with Crippen molar-refractivity contribution in [3.05, 3.63) is 65.7 Å². The molecule has 2 amide bonds. The highest BCUT2D eigenvalue weighted by atomic mass is 19.4. The molecule has 0 atom stereocenters. The van der Waals surface area contributed by atoms with Crippen LogP contribution in [-0.4, -0.2) is 37.7 Å². The highest BCUT2D eigenvalue weighted by Crippen LogP contribution is 2.36. The first-order valence-electron chi connectivity index (χ1n) is 9.66. The third-order valence-corrected chi connectivity index (χ3v) is 5.17. The molecule has 0 aliphatic carbocycles. The lowest BCUT2D eigenvalue weighted by molar-refractivity contribution is -0.138. The summed E-state index contributed by atoms with van der Waals surface area (Å²) in [6.45, 7) is -0.367. The van der Waals surface area contributed by atoms with Gasteiger partial charge in [0.2, 0.25) is 11.8 Å². The lowest BCUT2D eigenvalue weighted by Crippen LogP contribution is -2.44. The van der Waals surface area contributed by atoms with Crippen LogP contribution in [0.4, 0.5) is 18.9 Å². The monoisotopic (exact) mass is 420 g/mol. The van der Waals surface area contributed by atoms with Crippen molar-refractivity contribution in [3.63, 3.8) is 0 Å². The highest BCUT2D eigenvalue weighted by molar-refractivity contribution is 5.99. The number of benzene rings is 2. The average molecular weight is 420 g/mol. The van der Waals surface area contributed by atoms with Crippen LogP contribution in [0.1, 0.15) is 24.0 Å². The van der Waals surface area contributed by atoms with Crippen molar-refractivity contribution >= 4 is 17.5 Å². The molecule has 0 radical (unpaired) electrons. The number of ether oxygens (including phenoxy) is 1. The molecular weight excluding hydrogens is 397 g/mol. The van der Waals surface area contributed by atoms with E-state index in [4.69, 9.17) is 4.74 Å². The summed E-state index contributed by atoms with van der Waals surface area (Å²) in [5.41, 5.74) is 1.36. The molecule has 8 heteroatoms. The minimum absolute atomic E-state index is 0.132. The van der Waals surface area contributed by atoms with Gasteiger partial charge in [-0.25, -0.2) is 0 Å². The van der Waals surface area contributed by atoms with E-state index in [0.29, 0.717) is 37.3 Å². The van der Waals surface area contributed by atoms with Gasteiger partial charge in [-0.1, -0.05) is 42.5 Å². The third-order valence-electron chi connectivity index (χ3n) is 5.17. The van der Waals surface area contributed by atoms with Gasteiger partial charge in [0.1, 0.15) is 6.54 Å². The van der Waals surface area contributed by atoms with Gasteiger partial charge >= 0.3 is 6.18 Å². The lowest BCUT2D eigenvalue weighted by Gasteiger charge is -2.36. The molecule has 30 heavy (non-hydrogen) atoms. The summed E-state index contributed by atoms with van der Waals surface area (Å²) in [5, 5.41) is 4.77. The minimum atomic E-state index is -4.44. The predicted octanol–water partition coefficient (Wildman–Crippen LogP) is 3.59. The van der Waals surface area contributed by atoms with Crippen LogP contribution in [0.15, 0.2) is 54.6 Å². The van der Waals surface area contributed by atoms with Gasteiger partial charge < -0.3 is 15.4 Å². The molecule has 1 fully saturated rings. The Morgan fingerprint density at radius 2 is 1.60 bits per heavy atom. The summed E-state index contributed by atoms with van der Waals surface area (Å²) < 4.78 is 42.0. The zero-order valence-electron chi connectivity index (χ0n) is 16.3. The van der Waals surface area contributed by atoms with Crippen molar-refractivity contribution in [1.82, 2.24) is 5.32 Å². The van der Waals surface area contributed by atoms with Gasteiger partial charge in [-0.2, -0.15) is 13.2 Å². The zero-order valence-corrected chi connectivity index (χ0v) is 16.3. The molecule has 0 aromatic heterocycles. The second-order valence-electron chi connectivity index (χ2n) is 7.28. The Bertz CT molecular complexity index is 861. The fourth-order valence-electron chi connectivity index (χ4n) is 3.53. The summed E-state index contributed by atoms with van der Waals surface area (Å²) in [7, 11) is 0. The molecule has 1 saturated heterocycles. The average Bonchev–Trinajstić information content (AvgIpc) is 2.74. The third kappa shape index (κ3) is 5.60.